The first-order valence-corrected chi connectivity index (χ1v) is 6.50. The van der Waals surface area contributed by atoms with Gasteiger partial charge in [0.05, 0.1) is 5.39 Å². The van der Waals surface area contributed by atoms with E-state index in [9.17, 15) is 4.79 Å². The van der Waals surface area contributed by atoms with E-state index in [1.54, 1.807) is 24.3 Å². The van der Waals surface area contributed by atoms with E-state index >= 15 is 0 Å². The first-order chi connectivity index (χ1) is 9.72. The molecular formula is C16H11ClO3. The summed E-state index contributed by atoms with van der Waals surface area (Å²) in [5, 5.41) is 1.28. The zero-order valence-corrected chi connectivity index (χ0v) is 11.3. The molecule has 0 N–H and O–H groups in total. The van der Waals surface area contributed by atoms with Crippen molar-refractivity contribution >= 4 is 22.4 Å². The van der Waals surface area contributed by atoms with E-state index in [0.29, 0.717) is 17.7 Å². The summed E-state index contributed by atoms with van der Waals surface area (Å²) in [7, 11) is 0. The van der Waals surface area contributed by atoms with E-state index in [4.69, 9.17) is 20.8 Å². The van der Waals surface area contributed by atoms with Crippen molar-refractivity contribution in [2.24, 2.45) is 0 Å². The van der Waals surface area contributed by atoms with Crippen LogP contribution in [0.2, 0.25) is 5.22 Å². The third-order valence-corrected chi connectivity index (χ3v) is 3.14. The highest BCUT2D eigenvalue weighted by atomic mass is 35.5. The molecular weight excluding hydrogens is 276 g/mol. The van der Waals surface area contributed by atoms with Crippen LogP contribution in [0, 0.1) is 0 Å². The van der Waals surface area contributed by atoms with Gasteiger partial charge in [0.15, 0.2) is 5.22 Å². The lowest BCUT2D eigenvalue weighted by molar-refractivity contribution is 0.306. The summed E-state index contributed by atoms with van der Waals surface area (Å²) in [6.07, 6.45) is 0. The number of hydrogen-bond acceptors (Lipinski definition) is 3. The lowest BCUT2D eigenvalue weighted by Gasteiger charge is -2.07. The molecule has 0 aliphatic carbocycles. The zero-order chi connectivity index (χ0) is 13.9. The van der Waals surface area contributed by atoms with Gasteiger partial charge in [-0.25, -0.2) is 4.79 Å². The zero-order valence-electron chi connectivity index (χ0n) is 10.5. The van der Waals surface area contributed by atoms with Crippen LogP contribution in [-0.4, -0.2) is 0 Å². The summed E-state index contributed by atoms with van der Waals surface area (Å²) < 4.78 is 10.5. The molecule has 0 unspecified atom stereocenters. The molecule has 3 rings (SSSR count). The quantitative estimate of drug-likeness (QED) is 0.730. The second-order valence-corrected chi connectivity index (χ2v) is 4.73. The number of fused-ring (bicyclic) bond motifs is 1. The summed E-state index contributed by atoms with van der Waals surface area (Å²) in [6, 6.07) is 16.7. The van der Waals surface area contributed by atoms with Crippen molar-refractivity contribution < 1.29 is 9.15 Å². The monoisotopic (exact) mass is 286 g/mol. The molecule has 0 aliphatic heterocycles. The molecule has 0 fully saturated rings. The fourth-order valence-corrected chi connectivity index (χ4v) is 2.15. The highest BCUT2D eigenvalue weighted by Gasteiger charge is 2.05. The molecule has 1 heterocycles. The predicted octanol–water partition coefficient (Wildman–Crippen LogP) is 4.03. The summed E-state index contributed by atoms with van der Waals surface area (Å²) in [5.41, 5.74) is 0.605. The fourth-order valence-electron chi connectivity index (χ4n) is 1.96. The van der Waals surface area contributed by atoms with Gasteiger partial charge in [0.2, 0.25) is 0 Å². The Morgan fingerprint density at radius 1 is 1.05 bits per heavy atom. The van der Waals surface area contributed by atoms with Crippen molar-refractivity contribution in [1.82, 2.24) is 0 Å². The van der Waals surface area contributed by atoms with Crippen LogP contribution in [-0.2, 0) is 6.61 Å². The topological polar surface area (TPSA) is 39.4 Å². The van der Waals surface area contributed by atoms with Gasteiger partial charge in [0.1, 0.15) is 12.4 Å². The third-order valence-electron chi connectivity index (χ3n) is 2.95. The number of ether oxygens (including phenoxy) is 1. The van der Waals surface area contributed by atoms with Gasteiger partial charge < -0.3 is 9.15 Å². The number of halogens is 1. The van der Waals surface area contributed by atoms with Crippen LogP contribution < -0.4 is 10.4 Å². The van der Waals surface area contributed by atoms with E-state index in [1.807, 2.05) is 30.3 Å². The molecule has 0 atom stereocenters. The van der Waals surface area contributed by atoms with Crippen LogP contribution in [0.1, 0.15) is 5.56 Å². The molecule has 0 saturated carbocycles. The second kappa shape index (κ2) is 5.39. The summed E-state index contributed by atoms with van der Waals surface area (Å²) in [6.45, 7) is 0.450. The first kappa shape index (κ1) is 12.8. The predicted molar refractivity (Wildman–Crippen MR) is 78.3 cm³/mol. The Bertz CT molecular complexity index is 794. The summed E-state index contributed by atoms with van der Waals surface area (Å²) in [5.74, 6) is 0.621. The molecule has 100 valence electrons. The fraction of sp³-hybridized carbons (Fsp3) is 0.0625. The molecule has 2 aromatic carbocycles. The average molecular weight is 287 g/mol. The van der Waals surface area contributed by atoms with Crippen molar-refractivity contribution in [3.8, 4) is 5.75 Å². The third kappa shape index (κ3) is 2.68. The van der Waals surface area contributed by atoms with Gasteiger partial charge in [0, 0.05) is 6.07 Å². The van der Waals surface area contributed by atoms with Crippen LogP contribution in [0.5, 0.6) is 5.75 Å². The van der Waals surface area contributed by atoms with Gasteiger partial charge in [-0.3, -0.25) is 0 Å². The minimum absolute atomic E-state index is 0.0838. The van der Waals surface area contributed by atoms with Crippen LogP contribution in [0.25, 0.3) is 10.8 Å². The maximum Gasteiger partial charge on any atom is 0.345 e. The maximum atomic E-state index is 11.7. The van der Waals surface area contributed by atoms with Crippen molar-refractivity contribution in [1.29, 1.82) is 0 Å². The van der Waals surface area contributed by atoms with Crippen molar-refractivity contribution in [3.63, 3.8) is 0 Å². The van der Waals surface area contributed by atoms with Gasteiger partial charge >= 0.3 is 5.63 Å². The molecule has 0 aliphatic rings. The normalized spacial score (nSPS) is 10.7. The Balaban J connectivity index is 1.88. The van der Waals surface area contributed by atoms with E-state index < -0.39 is 5.63 Å². The van der Waals surface area contributed by atoms with Crippen LogP contribution in [0.3, 0.4) is 0 Å². The van der Waals surface area contributed by atoms with Crippen molar-refractivity contribution in [3.05, 3.63) is 75.8 Å². The molecule has 0 amide bonds. The molecule has 20 heavy (non-hydrogen) atoms. The van der Waals surface area contributed by atoms with Crippen LogP contribution >= 0.6 is 11.6 Å². The van der Waals surface area contributed by atoms with Gasteiger partial charge in [-0.1, -0.05) is 36.4 Å². The highest BCUT2D eigenvalue weighted by molar-refractivity contribution is 6.29. The maximum absolute atomic E-state index is 11.7. The van der Waals surface area contributed by atoms with Crippen molar-refractivity contribution in [2.45, 2.75) is 6.61 Å². The van der Waals surface area contributed by atoms with Gasteiger partial charge in [-0.2, -0.15) is 0 Å². The van der Waals surface area contributed by atoms with E-state index in [-0.39, 0.29) is 5.22 Å². The number of rotatable bonds is 3. The Kier molecular flexibility index (Phi) is 3.44. The van der Waals surface area contributed by atoms with Crippen molar-refractivity contribution in [2.75, 3.05) is 0 Å². The van der Waals surface area contributed by atoms with Gasteiger partial charge in [0.25, 0.3) is 0 Å². The lowest BCUT2D eigenvalue weighted by atomic mass is 10.2. The molecule has 3 aromatic rings. The summed E-state index contributed by atoms with van der Waals surface area (Å²) in [4.78, 5) is 11.7. The SMILES string of the molecule is O=c1oc(Cl)cc2ccc(OCc3ccccc3)cc12. The minimum Gasteiger partial charge on any atom is -0.489 e. The first-order valence-electron chi connectivity index (χ1n) is 6.12. The Morgan fingerprint density at radius 3 is 2.65 bits per heavy atom. The Morgan fingerprint density at radius 2 is 1.85 bits per heavy atom. The standard InChI is InChI=1S/C16H11ClO3/c17-15-8-12-6-7-13(9-14(12)16(18)20-15)19-10-11-4-2-1-3-5-11/h1-9H,10H2. The van der Waals surface area contributed by atoms with E-state index in [2.05, 4.69) is 0 Å². The molecule has 0 saturated heterocycles. The van der Waals surface area contributed by atoms with Gasteiger partial charge in [-0.05, 0) is 34.7 Å². The molecule has 4 heteroatoms. The molecule has 3 nitrogen and oxygen atoms in total. The molecule has 0 spiro atoms. The summed E-state index contributed by atoms with van der Waals surface area (Å²) >= 11 is 5.71. The number of hydrogen-bond donors (Lipinski definition) is 0. The second-order valence-electron chi connectivity index (χ2n) is 4.36. The number of benzene rings is 2. The highest BCUT2D eigenvalue weighted by Crippen LogP contribution is 2.21. The molecule has 0 radical (unpaired) electrons. The molecule has 0 bridgehead atoms. The van der Waals surface area contributed by atoms with Crippen LogP contribution in [0.15, 0.2) is 63.8 Å². The largest absolute Gasteiger partial charge is 0.489 e. The van der Waals surface area contributed by atoms with E-state index in [0.717, 1.165) is 10.9 Å². The smallest absolute Gasteiger partial charge is 0.345 e. The minimum atomic E-state index is -0.460. The average Bonchev–Trinajstić information content (AvgIpc) is 2.46. The Hall–Kier alpha value is -2.26. The van der Waals surface area contributed by atoms with Gasteiger partial charge in [-0.15, -0.1) is 0 Å². The molecule has 1 aromatic heterocycles. The van der Waals surface area contributed by atoms with E-state index in [1.165, 1.54) is 0 Å². The Labute approximate surface area is 120 Å². The lowest BCUT2D eigenvalue weighted by Crippen LogP contribution is -2.00. The van der Waals surface area contributed by atoms with Crippen LogP contribution in [0.4, 0.5) is 0 Å².